The van der Waals surface area contributed by atoms with Gasteiger partial charge in [0.1, 0.15) is 11.5 Å². The van der Waals surface area contributed by atoms with Crippen molar-refractivity contribution in [2.24, 2.45) is 0 Å². The average molecular weight is 243 g/mol. The van der Waals surface area contributed by atoms with E-state index in [0.29, 0.717) is 6.04 Å². The van der Waals surface area contributed by atoms with Gasteiger partial charge in [0.05, 0.1) is 17.6 Å². The standard InChI is InChI=1S/C13H17N5/c1-9-13(16-6-5-14-9)11-8-17-12(18-11)7-10-3-2-4-15-10/h5-6,8,10,15H,2-4,7H2,1H3,(H,17,18). The second kappa shape index (κ2) is 4.86. The first-order valence-electron chi connectivity index (χ1n) is 6.38. The summed E-state index contributed by atoms with van der Waals surface area (Å²) in [7, 11) is 0. The number of nitrogens with one attached hydrogen (secondary N) is 2. The van der Waals surface area contributed by atoms with Gasteiger partial charge in [-0.3, -0.25) is 9.97 Å². The smallest absolute Gasteiger partial charge is 0.109 e. The summed E-state index contributed by atoms with van der Waals surface area (Å²) in [5.41, 5.74) is 2.76. The molecule has 0 radical (unpaired) electrons. The zero-order valence-corrected chi connectivity index (χ0v) is 10.5. The molecular weight excluding hydrogens is 226 g/mol. The van der Waals surface area contributed by atoms with Crippen LogP contribution in [0.1, 0.15) is 24.4 Å². The fourth-order valence-corrected chi connectivity index (χ4v) is 2.42. The third kappa shape index (κ3) is 2.26. The van der Waals surface area contributed by atoms with Crippen molar-refractivity contribution in [2.45, 2.75) is 32.2 Å². The van der Waals surface area contributed by atoms with Gasteiger partial charge in [0.15, 0.2) is 0 Å². The Balaban J connectivity index is 1.79. The Morgan fingerprint density at radius 3 is 2.94 bits per heavy atom. The van der Waals surface area contributed by atoms with Crippen LogP contribution in [0.5, 0.6) is 0 Å². The van der Waals surface area contributed by atoms with Crippen LogP contribution in [0.25, 0.3) is 11.4 Å². The van der Waals surface area contributed by atoms with Crippen LogP contribution in [0.15, 0.2) is 18.6 Å². The molecule has 1 aliphatic heterocycles. The molecule has 2 N–H and O–H groups in total. The van der Waals surface area contributed by atoms with Crippen molar-refractivity contribution < 1.29 is 0 Å². The van der Waals surface area contributed by atoms with Gasteiger partial charge in [-0.1, -0.05) is 0 Å². The summed E-state index contributed by atoms with van der Waals surface area (Å²) in [6, 6.07) is 0.562. The lowest BCUT2D eigenvalue weighted by atomic mass is 10.1. The Hall–Kier alpha value is -1.75. The minimum atomic E-state index is 0.562. The lowest BCUT2D eigenvalue weighted by Crippen LogP contribution is -2.24. The third-order valence-corrected chi connectivity index (χ3v) is 3.37. The highest BCUT2D eigenvalue weighted by atomic mass is 15.0. The van der Waals surface area contributed by atoms with Crippen LogP contribution in [0.3, 0.4) is 0 Å². The van der Waals surface area contributed by atoms with Crippen molar-refractivity contribution in [3.8, 4) is 11.4 Å². The van der Waals surface area contributed by atoms with E-state index in [1.807, 2.05) is 13.1 Å². The molecule has 0 spiro atoms. The number of H-pyrrole nitrogens is 1. The predicted octanol–water partition coefficient (Wildman–Crippen LogP) is 1.47. The molecule has 0 aliphatic carbocycles. The van der Waals surface area contributed by atoms with Gasteiger partial charge in [0, 0.05) is 24.9 Å². The number of rotatable bonds is 3. The van der Waals surface area contributed by atoms with Gasteiger partial charge in [-0.05, 0) is 26.3 Å². The van der Waals surface area contributed by atoms with Crippen molar-refractivity contribution in [3.05, 3.63) is 30.1 Å². The second-order valence-corrected chi connectivity index (χ2v) is 4.73. The first kappa shape index (κ1) is 11.3. The number of aromatic nitrogens is 4. The topological polar surface area (TPSA) is 66.5 Å². The molecule has 2 aromatic rings. The SMILES string of the molecule is Cc1nccnc1-c1cnc(CC2CCCN2)[nH]1. The van der Waals surface area contributed by atoms with E-state index in [2.05, 4.69) is 25.3 Å². The highest BCUT2D eigenvalue weighted by Gasteiger charge is 2.16. The average Bonchev–Trinajstić information content (AvgIpc) is 3.02. The molecule has 2 aromatic heterocycles. The van der Waals surface area contributed by atoms with E-state index in [4.69, 9.17) is 0 Å². The predicted molar refractivity (Wildman–Crippen MR) is 69.1 cm³/mol. The minimum absolute atomic E-state index is 0.562. The largest absolute Gasteiger partial charge is 0.341 e. The Bertz CT molecular complexity index is 528. The van der Waals surface area contributed by atoms with Crippen molar-refractivity contribution in [2.75, 3.05) is 6.54 Å². The molecule has 18 heavy (non-hydrogen) atoms. The van der Waals surface area contributed by atoms with Gasteiger partial charge in [0.25, 0.3) is 0 Å². The molecule has 3 rings (SSSR count). The van der Waals surface area contributed by atoms with Gasteiger partial charge in [-0.15, -0.1) is 0 Å². The Kier molecular flexibility index (Phi) is 3.06. The van der Waals surface area contributed by atoms with E-state index >= 15 is 0 Å². The zero-order valence-electron chi connectivity index (χ0n) is 10.5. The number of hydrogen-bond acceptors (Lipinski definition) is 4. The number of imidazole rings is 1. The van der Waals surface area contributed by atoms with Crippen LogP contribution in [0, 0.1) is 6.92 Å². The van der Waals surface area contributed by atoms with E-state index in [0.717, 1.165) is 35.9 Å². The van der Waals surface area contributed by atoms with Crippen molar-refractivity contribution in [3.63, 3.8) is 0 Å². The number of nitrogens with zero attached hydrogens (tertiary/aromatic N) is 3. The van der Waals surface area contributed by atoms with E-state index in [1.54, 1.807) is 12.4 Å². The van der Waals surface area contributed by atoms with E-state index in [1.165, 1.54) is 12.8 Å². The van der Waals surface area contributed by atoms with Crippen LogP contribution in [0.4, 0.5) is 0 Å². The molecule has 5 nitrogen and oxygen atoms in total. The first-order chi connectivity index (χ1) is 8.83. The number of aryl methyl sites for hydroxylation is 1. The van der Waals surface area contributed by atoms with E-state index < -0.39 is 0 Å². The van der Waals surface area contributed by atoms with Gasteiger partial charge in [0.2, 0.25) is 0 Å². The molecule has 1 fully saturated rings. The Labute approximate surface area is 106 Å². The summed E-state index contributed by atoms with van der Waals surface area (Å²) < 4.78 is 0. The summed E-state index contributed by atoms with van der Waals surface area (Å²) in [6.07, 6.45) is 8.72. The Morgan fingerprint density at radius 2 is 2.17 bits per heavy atom. The molecule has 5 heteroatoms. The molecule has 0 amide bonds. The van der Waals surface area contributed by atoms with Crippen molar-refractivity contribution in [1.82, 2.24) is 25.3 Å². The molecule has 1 unspecified atom stereocenters. The highest BCUT2D eigenvalue weighted by Crippen LogP contribution is 2.18. The lowest BCUT2D eigenvalue weighted by molar-refractivity contribution is 0.588. The number of hydrogen-bond donors (Lipinski definition) is 2. The van der Waals surface area contributed by atoms with Crippen LogP contribution in [0.2, 0.25) is 0 Å². The summed E-state index contributed by atoms with van der Waals surface area (Å²) in [4.78, 5) is 16.4. The summed E-state index contributed by atoms with van der Waals surface area (Å²) >= 11 is 0. The Morgan fingerprint density at radius 1 is 1.28 bits per heavy atom. The minimum Gasteiger partial charge on any atom is -0.341 e. The molecule has 1 saturated heterocycles. The molecular formula is C13H17N5. The summed E-state index contributed by atoms with van der Waals surface area (Å²) in [5.74, 6) is 1.02. The van der Waals surface area contributed by atoms with Gasteiger partial charge in [-0.2, -0.15) is 0 Å². The van der Waals surface area contributed by atoms with Crippen LogP contribution in [-0.4, -0.2) is 32.5 Å². The fourth-order valence-electron chi connectivity index (χ4n) is 2.42. The molecule has 0 saturated carbocycles. The maximum Gasteiger partial charge on any atom is 0.109 e. The van der Waals surface area contributed by atoms with Crippen LogP contribution < -0.4 is 5.32 Å². The monoisotopic (exact) mass is 243 g/mol. The summed E-state index contributed by atoms with van der Waals surface area (Å²) in [5, 5.41) is 3.48. The van der Waals surface area contributed by atoms with E-state index in [-0.39, 0.29) is 0 Å². The highest BCUT2D eigenvalue weighted by molar-refractivity contribution is 5.55. The third-order valence-electron chi connectivity index (χ3n) is 3.37. The van der Waals surface area contributed by atoms with Crippen LogP contribution in [-0.2, 0) is 6.42 Å². The van der Waals surface area contributed by atoms with Gasteiger partial charge >= 0.3 is 0 Å². The molecule has 1 atom stereocenters. The second-order valence-electron chi connectivity index (χ2n) is 4.73. The molecule has 1 aliphatic rings. The normalized spacial score (nSPS) is 19.3. The molecule has 3 heterocycles. The first-order valence-corrected chi connectivity index (χ1v) is 6.38. The van der Waals surface area contributed by atoms with Gasteiger partial charge < -0.3 is 10.3 Å². The quantitative estimate of drug-likeness (QED) is 0.856. The molecule has 0 aromatic carbocycles. The van der Waals surface area contributed by atoms with Gasteiger partial charge in [-0.25, -0.2) is 4.98 Å². The molecule has 94 valence electrons. The van der Waals surface area contributed by atoms with Crippen molar-refractivity contribution in [1.29, 1.82) is 0 Å². The van der Waals surface area contributed by atoms with Crippen molar-refractivity contribution >= 4 is 0 Å². The summed E-state index contributed by atoms with van der Waals surface area (Å²) in [6.45, 7) is 3.09. The fraction of sp³-hybridized carbons (Fsp3) is 0.462. The number of aromatic amines is 1. The van der Waals surface area contributed by atoms with Crippen LogP contribution >= 0.6 is 0 Å². The zero-order chi connectivity index (χ0) is 12.4. The van der Waals surface area contributed by atoms with E-state index in [9.17, 15) is 0 Å². The molecule has 0 bridgehead atoms. The maximum atomic E-state index is 4.43. The lowest BCUT2D eigenvalue weighted by Gasteiger charge is -2.06. The maximum absolute atomic E-state index is 4.43.